The van der Waals surface area contributed by atoms with Crippen molar-refractivity contribution in [2.24, 2.45) is 0 Å². The summed E-state index contributed by atoms with van der Waals surface area (Å²) < 4.78 is 50.8. The molecule has 32 heavy (non-hydrogen) atoms. The molecule has 0 N–H and O–H groups in total. The first-order valence-corrected chi connectivity index (χ1v) is 14.6. The number of benzene rings is 2. The fourth-order valence-corrected chi connectivity index (χ4v) is 8.98. The number of sulfonamides is 1. The number of carbonyl (C=O) groups excluding carboxylic acids is 1. The van der Waals surface area contributed by atoms with E-state index in [2.05, 4.69) is 0 Å². The zero-order chi connectivity index (χ0) is 22.9. The highest BCUT2D eigenvalue weighted by molar-refractivity contribution is 8.02. The third-order valence-electron chi connectivity index (χ3n) is 5.79. The Morgan fingerprint density at radius 2 is 1.66 bits per heavy atom. The predicted octanol–water partition coefficient (Wildman–Crippen LogP) is 2.42. The molecule has 2 saturated heterocycles. The highest BCUT2D eigenvalue weighted by Gasteiger charge is 2.32. The summed E-state index contributed by atoms with van der Waals surface area (Å²) in [5.41, 5.74) is 1.53. The first kappa shape index (κ1) is 23.3. The van der Waals surface area contributed by atoms with Gasteiger partial charge in [0.2, 0.25) is 10.0 Å². The second-order valence-corrected chi connectivity index (χ2v) is 13.7. The van der Waals surface area contributed by atoms with E-state index in [9.17, 15) is 21.6 Å². The predicted molar refractivity (Wildman–Crippen MR) is 125 cm³/mol. The van der Waals surface area contributed by atoms with Gasteiger partial charge in [0, 0.05) is 36.3 Å². The van der Waals surface area contributed by atoms with E-state index in [0.29, 0.717) is 25.1 Å². The van der Waals surface area contributed by atoms with Crippen molar-refractivity contribution in [1.29, 1.82) is 0 Å². The molecule has 10 heteroatoms. The fourth-order valence-electron chi connectivity index (χ4n) is 3.94. The molecule has 2 aromatic rings. The molecule has 7 nitrogen and oxygen atoms in total. The summed E-state index contributed by atoms with van der Waals surface area (Å²) in [6.07, 6.45) is 0.588. The molecule has 0 bridgehead atoms. The maximum Gasteiger partial charge on any atom is 0.255 e. The third-order valence-corrected chi connectivity index (χ3v) is 11.0. The van der Waals surface area contributed by atoms with Crippen molar-refractivity contribution in [3.05, 3.63) is 59.7 Å². The minimum atomic E-state index is -3.59. The van der Waals surface area contributed by atoms with Gasteiger partial charge in [-0.1, -0.05) is 29.8 Å². The van der Waals surface area contributed by atoms with Crippen LogP contribution >= 0.6 is 11.8 Å². The van der Waals surface area contributed by atoms with Crippen molar-refractivity contribution in [2.45, 2.75) is 28.4 Å². The molecule has 1 atom stereocenters. The lowest BCUT2D eigenvalue weighted by Gasteiger charge is -2.34. The Kier molecular flexibility index (Phi) is 6.67. The second kappa shape index (κ2) is 9.17. The van der Waals surface area contributed by atoms with Crippen LogP contribution in [0.1, 0.15) is 22.3 Å². The van der Waals surface area contributed by atoms with Gasteiger partial charge in [-0.05, 0) is 37.6 Å². The quantitative estimate of drug-likeness (QED) is 0.634. The number of thioether (sulfide) groups is 1. The van der Waals surface area contributed by atoms with Crippen molar-refractivity contribution < 1.29 is 21.6 Å². The lowest BCUT2D eigenvalue weighted by molar-refractivity contribution is 0.0694. The molecule has 2 aromatic carbocycles. The van der Waals surface area contributed by atoms with E-state index in [1.165, 1.54) is 16.1 Å². The minimum Gasteiger partial charge on any atom is -0.336 e. The molecule has 0 radical (unpaired) electrons. The van der Waals surface area contributed by atoms with Crippen LogP contribution in [0.15, 0.2) is 58.3 Å². The van der Waals surface area contributed by atoms with Gasteiger partial charge in [-0.3, -0.25) is 4.79 Å². The summed E-state index contributed by atoms with van der Waals surface area (Å²) in [5, 5.41) is -0.0505. The van der Waals surface area contributed by atoms with E-state index in [-0.39, 0.29) is 40.6 Å². The number of aryl methyl sites for hydroxylation is 1. The van der Waals surface area contributed by atoms with Gasteiger partial charge in [0.05, 0.1) is 22.0 Å². The molecule has 0 spiro atoms. The monoisotopic (exact) mass is 494 g/mol. The lowest BCUT2D eigenvalue weighted by Crippen LogP contribution is -2.50. The van der Waals surface area contributed by atoms with Crippen molar-refractivity contribution in [3.63, 3.8) is 0 Å². The number of sulfone groups is 1. The van der Waals surface area contributed by atoms with Gasteiger partial charge in [-0.25, -0.2) is 16.8 Å². The topological polar surface area (TPSA) is 91.8 Å². The third kappa shape index (κ3) is 5.03. The van der Waals surface area contributed by atoms with Crippen LogP contribution in [-0.2, 0) is 19.9 Å². The first-order chi connectivity index (χ1) is 15.2. The molecule has 2 heterocycles. The van der Waals surface area contributed by atoms with Crippen molar-refractivity contribution in [1.82, 2.24) is 9.21 Å². The van der Waals surface area contributed by atoms with Gasteiger partial charge in [0.1, 0.15) is 0 Å². The van der Waals surface area contributed by atoms with Gasteiger partial charge < -0.3 is 4.90 Å². The van der Waals surface area contributed by atoms with Crippen LogP contribution in [0.5, 0.6) is 0 Å². The van der Waals surface area contributed by atoms with Crippen molar-refractivity contribution in [3.8, 4) is 0 Å². The fraction of sp³-hybridized carbons (Fsp3) is 0.409. The SMILES string of the molecule is Cc1ccc(S(=O)(=O)N2CCN(C(=O)c3ccccc3S[C@@H]3CCS(=O)(=O)C3)CC2)cc1. The van der Waals surface area contributed by atoms with Crippen LogP contribution < -0.4 is 0 Å². The smallest absolute Gasteiger partial charge is 0.255 e. The van der Waals surface area contributed by atoms with Crippen LogP contribution in [0.3, 0.4) is 0 Å². The number of hydrogen-bond acceptors (Lipinski definition) is 6. The zero-order valence-electron chi connectivity index (χ0n) is 17.8. The van der Waals surface area contributed by atoms with E-state index in [1.54, 1.807) is 41.3 Å². The Labute approximate surface area is 193 Å². The maximum absolute atomic E-state index is 13.2. The van der Waals surface area contributed by atoms with Crippen LogP contribution in [0, 0.1) is 6.92 Å². The summed E-state index contributed by atoms with van der Waals surface area (Å²) in [4.78, 5) is 15.9. The lowest BCUT2D eigenvalue weighted by atomic mass is 10.2. The summed E-state index contributed by atoms with van der Waals surface area (Å²) in [6, 6.07) is 14.0. The van der Waals surface area contributed by atoms with Gasteiger partial charge in [-0.15, -0.1) is 11.8 Å². The number of amides is 1. The molecule has 2 fully saturated rings. The number of carbonyl (C=O) groups is 1. The second-order valence-electron chi connectivity index (χ2n) is 8.15. The summed E-state index contributed by atoms with van der Waals surface area (Å²) in [5.74, 6) is 0.176. The Bertz CT molecular complexity index is 1200. The van der Waals surface area contributed by atoms with E-state index in [1.807, 2.05) is 19.1 Å². The van der Waals surface area contributed by atoms with Crippen molar-refractivity contribution in [2.75, 3.05) is 37.7 Å². The summed E-state index contributed by atoms with van der Waals surface area (Å²) in [6.45, 7) is 2.99. The Balaban J connectivity index is 1.43. The maximum atomic E-state index is 13.2. The Hall–Kier alpha value is -1.88. The number of nitrogens with zero attached hydrogens (tertiary/aromatic N) is 2. The van der Waals surface area contributed by atoms with Gasteiger partial charge >= 0.3 is 0 Å². The molecule has 0 aliphatic carbocycles. The van der Waals surface area contributed by atoms with Crippen molar-refractivity contribution >= 4 is 37.5 Å². The molecule has 0 saturated carbocycles. The molecule has 0 aromatic heterocycles. The van der Waals surface area contributed by atoms with Crippen LogP contribution in [0.4, 0.5) is 0 Å². The summed E-state index contributed by atoms with van der Waals surface area (Å²) >= 11 is 1.44. The molecular weight excluding hydrogens is 468 g/mol. The van der Waals surface area contributed by atoms with Crippen LogP contribution in [0.2, 0.25) is 0 Å². The summed E-state index contributed by atoms with van der Waals surface area (Å²) in [7, 11) is -6.59. The normalized spacial score (nSPS) is 21.5. The molecule has 2 aliphatic heterocycles. The van der Waals surface area contributed by atoms with Gasteiger partial charge in [-0.2, -0.15) is 4.31 Å². The number of piperazine rings is 1. The van der Waals surface area contributed by atoms with E-state index in [4.69, 9.17) is 0 Å². The van der Waals surface area contributed by atoms with Gasteiger partial charge in [0.25, 0.3) is 5.91 Å². The van der Waals surface area contributed by atoms with E-state index < -0.39 is 19.9 Å². The van der Waals surface area contributed by atoms with E-state index in [0.717, 1.165) is 10.5 Å². The molecule has 4 rings (SSSR count). The number of rotatable bonds is 5. The van der Waals surface area contributed by atoms with E-state index >= 15 is 0 Å². The Morgan fingerprint density at radius 3 is 2.28 bits per heavy atom. The Morgan fingerprint density at radius 1 is 1.00 bits per heavy atom. The standard InChI is InChI=1S/C22H26N2O5S3/c1-17-6-8-19(9-7-17)32(28,29)24-13-11-23(12-14-24)22(25)20-4-2-3-5-21(20)30-18-10-15-31(26,27)16-18/h2-9,18H,10-16H2,1H3/t18-/m1/s1. The van der Waals surface area contributed by atoms with Crippen LogP contribution in [-0.4, -0.2) is 74.9 Å². The molecular formula is C22H26N2O5S3. The molecule has 0 unspecified atom stereocenters. The average Bonchev–Trinajstić information content (AvgIpc) is 3.12. The molecule has 2 aliphatic rings. The van der Waals surface area contributed by atoms with Gasteiger partial charge in [0.15, 0.2) is 9.84 Å². The first-order valence-electron chi connectivity index (χ1n) is 10.5. The highest BCUT2D eigenvalue weighted by atomic mass is 32.2. The molecule has 1 amide bonds. The minimum absolute atomic E-state index is 0.0505. The zero-order valence-corrected chi connectivity index (χ0v) is 20.3. The van der Waals surface area contributed by atoms with Crippen LogP contribution in [0.25, 0.3) is 0 Å². The molecule has 172 valence electrons. The largest absolute Gasteiger partial charge is 0.336 e. The number of hydrogen-bond donors (Lipinski definition) is 0. The highest BCUT2D eigenvalue weighted by Crippen LogP contribution is 2.33. The average molecular weight is 495 g/mol.